The van der Waals surface area contributed by atoms with E-state index in [4.69, 9.17) is 14.2 Å². The Bertz CT molecular complexity index is 1500. The molecule has 0 bridgehead atoms. The molecular weight excluding hydrogens is 506 g/mol. The van der Waals surface area contributed by atoms with Gasteiger partial charge in [0.2, 0.25) is 5.90 Å². The lowest BCUT2D eigenvalue weighted by Crippen LogP contribution is -2.05. The number of aryl methyl sites for hydroxylation is 1. The molecule has 1 heterocycles. The summed E-state index contributed by atoms with van der Waals surface area (Å²) in [6.45, 7) is 2.46. The Labute approximate surface area is 211 Å². The van der Waals surface area contributed by atoms with Gasteiger partial charge in [-0.25, -0.2) is 9.79 Å². The molecule has 1 aliphatic heterocycles. The number of rotatable bonds is 6. The van der Waals surface area contributed by atoms with E-state index in [1.165, 1.54) is 0 Å². The molecular formula is C29H22BrNO4. The van der Waals surface area contributed by atoms with Crippen molar-refractivity contribution in [3.8, 4) is 11.5 Å². The molecule has 35 heavy (non-hydrogen) atoms. The van der Waals surface area contributed by atoms with Crippen LogP contribution in [-0.4, -0.2) is 19.0 Å². The van der Waals surface area contributed by atoms with Crippen LogP contribution in [0.4, 0.5) is 0 Å². The van der Waals surface area contributed by atoms with Gasteiger partial charge in [0.05, 0.1) is 11.6 Å². The number of carbonyl (C=O) groups is 1. The molecule has 0 N–H and O–H groups in total. The highest BCUT2D eigenvalue weighted by molar-refractivity contribution is 9.10. The lowest BCUT2D eigenvalue weighted by molar-refractivity contribution is -0.129. The zero-order valence-electron chi connectivity index (χ0n) is 19.2. The van der Waals surface area contributed by atoms with Crippen molar-refractivity contribution in [2.24, 2.45) is 4.99 Å². The van der Waals surface area contributed by atoms with Crippen LogP contribution in [0.2, 0.25) is 0 Å². The van der Waals surface area contributed by atoms with Gasteiger partial charge in [0.15, 0.2) is 17.2 Å². The SMILES string of the molecule is COc1cc(/C=C2/N=C(c3cccc4ccccc34)OC2=O)cc(Br)c1OCc1ccccc1C. The molecule has 0 aliphatic carbocycles. The normalized spacial score (nSPS) is 14.2. The summed E-state index contributed by atoms with van der Waals surface area (Å²) in [5, 5.41) is 2.03. The molecule has 4 aromatic rings. The second kappa shape index (κ2) is 9.76. The minimum absolute atomic E-state index is 0.218. The molecule has 4 aromatic carbocycles. The molecule has 0 spiro atoms. The summed E-state index contributed by atoms with van der Waals surface area (Å²) in [5.74, 6) is 0.932. The predicted molar refractivity (Wildman–Crippen MR) is 141 cm³/mol. The van der Waals surface area contributed by atoms with E-state index in [9.17, 15) is 4.79 Å². The Morgan fingerprint density at radius 2 is 1.77 bits per heavy atom. The van der Waals surface area contributed by atoms with E-state index in [0.717, 1.165) is 33.0 Å². The number of aliphatic imine (C=N–C) groups is 1. The molecule has 0 unspecified atom stereocenters. The third kappa shape index (κ3) is 4.70. The largest absolute Gasteiger partial charge is 0.493 e. The summed E-state index contributed by atoms with van der Waals surface area (Å²) >= 11 is 3.58. The molecule has 0 aromatic heterocycles. The van der Waals surface area contributed by atoms with Crippen LogP contribution >= 0.6 is 15.9 Å². The molecule has 5 rings (SSSR count). The molecule has 0 radical (unpaired) electrons. The maximum Gasteiger partial charge on any atom is 0.363 e. The van der Waals surface area contributed by atoms with Crippen LogP contribution in [0.3, 0.4) is 0 Å². The molecule has 6 heteroatoms. The predicted octanol–water partition coefficient (Wildman–Crippen LogP) is 6.84. The topological polar surface area (TPSA) is 57.1 Å². The number of esters is 1. The van der Waals surface area contributed by atoms with Gasteiger partial charge in [-0.05, 0) is 74.6 Å². The Balaban J connectivity index is 1.45. The highest BCUT2D eigenvalue weighted by Crippen LogP contribution is 2.38. The van der Waals surface area contributed by atoms with Crippen molar-refractivity contribution in [2.45, 2.75) is 13.5 Å². The highest BCUT2D eigenvalue weighted by Gasteiger charge is 2.25. The maximum atomic E-state index is 12.6. The fourth-order valence-electron chi connectivity index (χ4n) is 3.98. The number of hydrogen-bond acceptors (Lipinski definition) is 5. The minimum Gasteiger partial charge on any atom is -0.493 e. The number of halogens is 1. The maximum absolute atomic E-state index is 12.6. The molecule has 0 fully saturated rings. The summed E-state index contributed by atoms with van der Waals surface area (Å²) in [4.78, 5) is 17.1. The average molecular weight is 528 g/mol. The van der Waals surface area contributed by atoms with Crippen LogP contribution in [0.15, 0.2) is 94.0 Å². The van der Waals surface area contributed by atoms with Gasteiger partial charge in [0, 0.05) is 5.56 Å². The van der Waals surface area contributed by atoms with Crippen molar-refractivity contribution in [1.82, 2.24) is 0 Å². The molecule has 0 saturated carbocycles. The summed E-state index contributed by atoms with van der Waals surface area (Å²) in [7, 11) is 1.58. The number of nitrogens with zero attached hydrogens (tertiary/aromatic N) is 1. The molecule has 1 aliphatic rings. The molecule has 0 amide bonds. The van der Waals surface area contributed by atoms with Crippen molar-refractivity contribution in [3.05, 3.63) is 111 Å². The van der Waals surface area contributed by atoms with Crippen LogP contribution in [0.25, 0.3) is 16.8 Å². The minimum atomic E-state index is -0.497. The fourth-order valence-corrected chi connectivity index (χ4v) is 4.55. The number of methoxy groups -OCH3 is 1. The van der Waals surface area contributed by atoms with Crippen LogP contribution in [0.5, 0.6) is 11.5 Å². The molecule has 0 atom stereocenters. The Kier molecular flexibility index (Phi) is 6.38. The van der Waals surface area contributed by atoms with Crippen molar-refractivity contribution in [1.29, 1.82) is 0 Å². The zero-order valence-corrected chi connectivity index (χ0v) is 20.8. The van der Waals surface area contributed by atoms with E-state index in [0.29, 0.717) is 28.5 Å². The van der Waals surface area contributed by atoms with E-state index in [1.807, 2.05) is 85.8 Å². The van der Waals surface area contributed by atoms with Crippen LogP contribution < -0.4 is 9.47 Å². The van der Waals surface area contributed by atoms with E-state index >= 15 is 0 Å². The van der Waals surface area contributed by atoms with Gasteiger partial charge in [0.25, 0.3) is 0 Å². The third-order valence-corrected chi connectivity index (χ3v) is 6.42. The van der Waals surface area contributed by atoms with Crippen molar-refractivity contribution < 1.29 is 19.0 Å². The summed E-state index contributed by atoms with van der Waals surface area (Å²) in [6, 6.07) is 25.5. The number of benzene rings is 4. The van der Waals surface area contributed by atoms with E-state index in [-0.39, 0.29) is 5.70 Å². The van der Waals surface area contributed by atoms with E-state index in [1.54, 1.807) is 13.2 Å². The van der Waals surface area contributed by atoms with Gasteiger partial charge in [-0.15, -0.1) is 0 Å². The Hall–Kier alpha value is -3.90. The fraction of sp³-hybridized carbons (Fsp3) is 0.103. The average Bonchev–Trinajstić information content (AvgIpc) is 3.23. The number of fused-ring (bicyclic) bond motifs is 1. The lowest BCUT2D eigenvalue weighted by atomic mass is 10.0. The van der Waals surface area contributed by atoms with Crippen LogP contribution in [-0.2, 0) is 16.1 Å². The summed E-state index contributed by atoms with van der Waals surface area (Å²) in [5.41, 5.74) is 3.97. The summed E-state index contributed by atoms with van der Waals surface area (Å²) < 4.78 is 17.9. The van der Waals surface area contributed by atoms with Gasteiger partial charge >= 0.3 is 5.97 Å². The first-order valence-corrected chi connectivity index (χ1v) is 11.9. The number of hydrogen-bond donors (Lipinski definition) is 0. The van der Waals surface area contributed by atoms with Crippen LogP contribution in [0.1, 0.15) is 22.3 Å². The molecule has 5 nitrogen and oxygen atoms in total. The van der Waals surface area contributed by atoms with Gasteiger partial charge in [-0.3, -0.25) is 0 Å². The lowest BCUT2D eigenvalue weighted by Gasteiger charge is -2.14. The van der Waals surface area contributed by atoms with E-state index < -0.39 is 5.97 Å². The summed E-state index contributed by atoms with van der Waals surface area (Å²) in [6.07, 6.45) is 1.68. The van der Waals surface area contributed by atoms with E-state index in [2.05, 4.69) is 20.9 Å². The highest BCUT2D eigenvalue weighted by atomic mass is 79.9. The Morgan fingerprint density at radius 1 is 1.00 bits per heavy atom. The first-order chi connectivity index (χ1) is 17.0. The zero-order chi connectivity index (χ0) is 24.4. The van der Waals surface area contributed by atoms with Crippen molar-refractivity contribution in [3.63, 3.8) is 0 Å². The Morgan fingerprint density at radius 3 is 2.60 bits per heavy atom. The quantitative estimate of drug-likeness (QED) is 0.203. The number of carbonyl (C=O) groups excluding carboxylic acids is 1. The second-order valence-corrected chi connectivity index (χ2v) is 8.97. The monoisotopic (exact) mass is 527 g/mol. The second-order valence-electron chi connectivity index (χ2n) is 8.11. The smallest absolute Gasteiger partial charge is 0.363 e. The van der Waals surface area contributed by atoms with Gasteiger partial charge in [0.1, 0.15) is 6.61 Å². The molecule has 0 saturated heterocycles. The van der Waals surface area contributed by atoms with Gasteiger partial charge in [-0.1, -0.05) is 60.7 Å². The standard InChI is InChI=1S/C29H22BrNO4/c1-18-8-3-4-10-21(18)17-34-27-24(30)14-19(16-26(27)33-2)15-25-29(32)35-28(31-25)23-13-7-11-20-9-5-6-12-22(20)23/h3-16H,17H2,1-2H3/b25-15+. The van der Waals surface area contributed by atoms with Gasteiger partial charge < -0.3 is 14.2 Å². The first-order valence-electron chi connectivity index (χ1n) is 11.1. The van der Waals surface area contributed by atoms with Crippen molar-refractivity contribution in [2.75, 3.05) is 7.11 Å². The number of ether oxygens (including phenoxy) is 3. The first kappa shape index (κ1) is 22.9. The van der Waals surface area contributed by atoms with Crippen molar-refractivity contribution >= 4 is 44.6 Å². The third-order valence-electron chi connectivity index (χ3n) is 5.83. The van der Waals surface area contributed by atoms with Gasteiger partial charge in [-0.2, -0.15) is 0 Å². The number of cyclic esters (lactones) is 1. The molecule has 174 valence electrons. The van der Waals surface area contributed by atoms with Crippen LogP contribution in [0, 0.1) is 6.92 Å².